The molecule has 0 aromatic heterocycles. The molecule has 5 heteroatoms. The smallest absolute Gasteiger partial charge is 0.231 e. The third-order valence-corrected chi connectivity index (χ3v) is 4.36. The average molecular weight is 326 g/mol. The van der Waals surface area contributed by atoms with Gasteiger partial charge in [-0.25, -0.2) is 0 Å². The summed E-state index contributed by atoms with van der Waals surface area (Å²) >= 11 is 3.44. The zero-order valence-electron chi connectivity index (χ0n) is 11.4. The molecule has 1 aliphatic rings. The highest BCUT2D eigenvalue weighted by atomic mass is 79.9. The van der Waals surface area contributed by atoms with Crippen LogP contribution in [0.1, 0.15) is 19.3 Å². The summed E-state index contributed by atoms with van der Waals surface area (Å²) in [5.74, 6) is 0.0439. The number of carbonyl (C=O) groups excluding carboxylic acids is 1. The van der Waals surface area contributed by atoms with Crippen molar-refractivity contribution in [2.75, 3.05) is 30.9 Å². The largest absolute Gasteiger partial charge is 0.376 e. The molecule has 0 bridgehead atoms. The van der Waals surface area contributed by atoms with Crippen LogP contribution in [0, 0.1) is 5.41 Å². The highest BCUT2D eigenvalue weighted by Crippen LogP contribution is 2.41. The summed E-state index contributed by atoms with van der Waals surface area (Å²) < 4.78 is 0.948. The molecular weight excluding hydrogens is 306 g/mol. The average Bonchev–Trinajstić information content (AvgIpc) is 2.27. The summed E-state index contributed by atoms with van der Waals surface area (Å²) in [6, 6.07) is 5.87. The van der Waals surface area contributed by atoms with Crippen LogP contribution in [0.2, 0.25) is 0 Å². The van der Waals surface area contributed by atoms with E-state index in [1.54, 1.807) is 0 Å². The molecule has 0 radical (unpaired) electrons. The van der Waals surface area contributed by atoms with Gasteiger partial charge in [-0.1, -0.05) is 22.4 Å². The van der Waals surface area contributed by atoms with Crippen molar-refractivity contribution < 1.29 is 4.79 Å². The number of halogens is 1. The van der Waals surface area contributed by atoms with Crippen LogP contribution in [0.25, 0.3) is 0 Å². The Morgan fingerprint density at radius 3 is 2.63 bits per heavy atom. The van der Waals surface area contributed by atoms with Crippen LogP contribution >= 0.6 is 15.9 Å². The molecule has 0 heterocycles. The summed E-state index contributed by atoms with van der Waals surface area (Å²) in [7, 11) is 3.92. The van der Waals surface area contributed by atoms with Crippen molar-refractivity contribution in [2.45, 2.75) is 19.3 Å². The second kappa shape index (κ2) is 5.51. The van der Waals surface area contributed by atoms with Gasteiger partial charge < -0.3 is 16.0 Å². The van der Waals surface area contributed by atoms with Gasteiger partial charge in [0.2, 0.25) is 5.91 Å². The number of benzene rings is 1. The third-order valence-electron chi connectivity index (χ3n) is 3.87. The maximum absolute atomic E-state index is 12.4. The minimum absolute atomic E-state index is 0.0439. The van der Waals surface area contributed by atoms with Gasteiger partial charge in [-0.05, 0) is 31.0 Å². The number of nitrogens with zero attached hydrogens (tertiary/aromatic N) is 1. The van der Waals surface area contributed by atoms with Crippen molar-refractivity contribution in [3.63, 3.8) is 0 Å². The first-order valence-electron chi connectivity index (χ1n) is 6.47. The Morgan fingerprint density at radius 1 is 1.47 bits per heavy atom. The lowest BCUT2D eigenvalue weighted by molar-refractivity contribution is -0.129. The van der Waals surface area contributed by atoms with Crippen molar-refractivity contribution in [3.05, 3.63) is 22.7 Å². The number of rotatable bonds is 4. The van der Waals surface area contributed by atoms with Crippen molar-refractivity contribution in [1.82, 2.24) is 0 Å². The van der Waals surface area contributed by atoms with Gasteiger partial charge in [0.05, 0.1) is 16.8 Å². The molecule has 0 spiro atoms. The van der Waals surface area contributed by atoms with E-state index in [0.29, 0.717) is 6.54 Å². The van der Waals surface area contributed by atoms with Crippen molar-refractivity contribution >= 4 is 33.2 Å². The van der Waals surface area contributed by atoms with Crippen LogP contribution in [0.3, 0.4) is 0 Å². The predicted octanol–water partition coefficient (Wildman–Crippen LogP) is 2.58. The molecule has 0 unspecified atom stereocenters. The van der Waals surface area contributed by atoms with E-state index < -0.39 is 0 Å². The van der Waals surface area contributed by atoms with E-state index >= 15 is 0 Å². The predicted molar refractivity (Wildman–Crippen MR) is 82.4 cm³/mol. The molecule has 19 heavy (non-hydrogen) atoms. The fourth-order valence-electron chi connectivity index (χ4n) is 2.38. The van der Waals surface area contributed by atoms with Crippen LogP contribution in [-0.4, -0.2) is 26.5 Å². The zero-order valence-corrected chi connectivity index (χ0v) is 13.0. The van der Waals surface area contributed by atoms with Crippen LogP contribution in [0.5, 0.6) is 0 Å². The number of hydrogen-bond donors (Lipinski definition) is 2. The van der Waals surface area contributed by atoms with Gasteiger partial charge in [0, 0.05) is 25.1 Å². The number of nitrogens with two attached hydrogens (primary N) is 1. The van der Waals surface area contributed by atoms with E-state index in [2.05, 4.69) is 21.2 Å². The van der Waals surface area contributed by atoms with Gasteiger partial charge in [-0.15, -0.1) is 0 Å². The first kappa shape index (κ1) is 14.3. The lowest BCUT2D eigenvalue weighted by Gasteiger charge is -2.39. The minimum Gasteiger partial charge on any atom is -0.376 e. The van der Waals surface area contributed by atoms with Crippen LogP contribution in [-0.2, 0) is 4.79 Å². The van der Waals surface area contributed by atoms with Gasteiger partial charge in [0.1, 0.15) is 0 Å². The number of amides is 1. The van der Waals surface area contributed by atoms with Crippen molar-refractivity contribution in [2.24, 2.45) is 11.1 Å². The quantitative estimate of drug-likeness (QED) is 0.894. The van der Waals surface area contributed by atoms with E-state index in [9.17, 15) is 4.79 Å². The fourth-order valence-corrected chi connectivity index (χ4v) is 2.74. The standard InChI is InChI=1S/C14H20BrN3O/c1-18(2)12-5-4-10(15)8-11(12)17-13(19)14(9-16)6-3-7-14/h4-5,8H,3,6-7,9,16H2,1-2H3,(H,17,19). The Kier molecular flexibility index (Phi) is 4.16. The second-order valence-corrected chi connectivity index (χ2v) is 6.26. The molecule has 0 atom stereocenters. The first-order valence-corrected chi connectivity index (χ1v) is 7.26. The van der Waals surface area contributed by atoms with Gasteiger partial charge >= 0.3 is 0 Å². The third kappa shape index (κ3) is 2.77. The maximum Gasteiger partial charge on any atom is 0.231 e. The lowest BCUT2D eigenvalue weighted by atomic mass is 9.68. The number of hydrogen-bond acceptors (Lipinski definition) is 3. The summed E-state index contributed by atoms with van der Waals surface area (Å²) in [6.45, 7) is 0.421. The number of anilines is 2. The monoisotopic (exact) mass is 325 g/mol. The Bertz CT molecular complexity index is 478. The molecule has 2 rings (SSSR count). The van der Waals surface area contributed by atoms with Gasteiger partial charge in [-0.3, -0.25) is 4.79 Å². The molecule has 3 N–H and O–H groups in total. The first-order chi connectivity index (χ1) is 8.98. The van der Waals surface area contributed by atoms with E-state index in [-0.39, 0.29) is 11.3 Å². The van der Waals surface area contributed by atoms with Crippen LogP contribution in [0.15, 0.2) is 22.7 Å². The molecular formula is C14H20BrN3O. The number of carbonyl (C=O) groups is 1. The summed E-state index contributed by atoms with van der Waals surface area (Å²) in [6.07, 6.45) is 2.87. The van der Waals surface area contributed by atoms with E-state index in [0.717, 1.165) is 35.1 Å². The molecule has 0 saturated heterocycles. The molecule has 1 aromatic carbocycles. The molecule has 4 nitrogen and oxygen atoms in total. The summed E-state index contributed by atoms with van der Waals surface area (Å²) in [4.78, 5) is 14.4. The van der Waals surface area contributed by atoms with Crippen LogP contribution < -0.4 is 16.0 Å². The highest BCUT2D eigenvalue weighted by Gasteiger charge is 2.42. The van der Waals surface area contributed by atoms with Gasteiger partial charge in [0.25, 0.3) is 0 Å². The second-order valence-electron chi connectivity index (χ2n) is 5.35. The SMILES string of the molecule is CN(C)c1ccc(Br)cc1NC(=O)C1(CN)CCC1. The summed E-state index contributed by atoms with van der Waals surface area (Å²) in [5, 5.41) is 3.04. The summed E-state index contributed by atoms with van der Waals surface area (Å²) in [5.41, 5.74) is 7.23. The Hall–Kier alpha value is -1.07. The normalized spacial score (nSPS) is 16.6. The maximum atomic E-state index is 12.4. The molecule has 104 valence electrons. The van der Waals surface area contributed by atoms with Crippen molar-refractivity contribution in [1.29, 1.82) is 0 Å². The molecule has 1 fully saturated rings. The highest BCUT2D eigenvalue weighted by molar-refractivity contribution is 9.10. The van der Waals surface area contributed by atoms with Gasteiger partial charge in [-0.2, -0.15) is 0 Å². The van der Waals surface area contributed by atoms with Gasteiger partial charge in [0.15, 0.2) is 0 Å². The molecule has 0 aliphatic heterocycles. The van der Waals surface area contributed by atoms with E-state index in [4.69, 9.17) is 5.73 Å². The van der Waals surface area contributed by atoms with E-state index in [1.807, 2.05) is 37.2 Å². The molecule has 1 aliphatic carbocycles. The molecule has 1 saturated carbocycles. The zero-order chi connectivity index (χ0) is 14.0. The fraction of sp³-hybridized carbons (Fsp3) is 0.500. The minimum atomic E-state index is -0.355. The molecule has 1 amide bonds. The lowest BCUT2D eigenvalue weighted by Crippen LogP contribution is -2.47. The van der Waals surface area contributed by atoms with Crippen molar-refractivity contribution in [3.8, 4) is 0 Å². The Morgan fingerprint density at radius 2 is 2.16 bits per heavy atom. The van der Waals surface area contributed by atoms with Crippen LogP contribution in [0.4, 0.5) is 11.4 Å². The number of nitrogens with one attached hydrogen (secondary N) is 1. The Balaban J connectivity index is 2.23. The van der Waals surface area contributed by atoms with E-state index in [1.165, 1.54) is 0 Å². The topological polar surface area (TPSA) is 58.4 Å². The molecule has 1 aromatic rings. The Labute approximate surface area is 122 Å².